The molecule has 2 saturated heterocycles. The molecule has 0 spiro atoms. The fourth-order valence-corrected chi connectivity index (χ4v) is 4.67. The number of carbonyl (C=O) groups excluding carboxylic acids is 2. The van der Waals surface area contributed by atoms with Gasteiger partial charge in [0.1, 0.15) is 6.04 Å². The molecule has 144 valence electrons. The van der Waals surface area contributed by atoms with Crippen LogP contribution in [0, 0.1) is 0 Å². The smallest absolute Gasteiger partial charge is 0.312 e. The van der Waals surface area contributed by atoms with Crippen LogP contribution in [0.3, 0.4) is 0 Å². The van der Waals surface area contributed by atoms with E-state index in [0.717, 1.165) is 36.0 Å². The summed E-state index contributed by atoms with van der Waals surface area (Å²) in [5, 5.41) is 5.90. The maximum absolute atomic E-state index is 13.0. The topological polar surface area (TPSA) is 85.1 Å². The fraction of sp³-hybridized carbons (Fsp3) is 0.550. The maximum Gasteiger partial charge on any atom is 0.329 e. The van der Waals surface area contributed by atoms with Gasteiger partial charge in [0.2, 0.25) is 11.8 Å². The van der Waals surface area contributed by atoms with Gasteiger partial charge in [-0.25, -0.2) is 4.79 Å². The Morgan fingerprint density at radius 3 is 2.63 bits per heavy atom. The Bertz CT molecular complexity index is 985. The van der Waals surface area contributed by atoms with Crippen LogP contribution < -0.4 is 16.3 Å². The number of nitrogens with one attached hydrogen (secondary N) is 2. The van der Waals surface area contributed by atoms with Gasteiger partial charge in [-0.3, -0.25) is 24.0 Å². The van der Waals surface area contributed by atoms with Crippen molar-refractivity contribution in [3.8, 4) is 0 Å². The van der Waals surface area contributed by atoms with Gasteiger partial charge < -0.3 is 5.32 Å². The number of imidazole rings is 1. The molecule has 2 aromatic rings. The van der Waals surface area contributed by atoms with E-state index in [9.17, 15) is 14.4 Å². The molecule has 2 amide bonds. The molecule has 27 heavy (non-hydrogen) atoms. The maximum atomic E-state index is 13.0. The van der Waals surface area contributed by atoms with Crippen molar-refractivity contribution in [2.24, 2.45) is 7.05 Å². The number of aromatic nitrogens is 2. The lowest BCUT2D eigenvalue weighted by Crippen LogP contribution is -2.45. The summed E-state index contributed by atoms with van der Waals surface area (Å²) in [5.74, 6) is -0.315. The third-order valence-electron chi connectivity index (χ3n) is 5.95. The van der Waals surface area contributed by atoms with Crippen LogP contribution >= 0.6 is 0 Å². The highest BCUT2D eigenvalue weighted by Gasteiger charge is 2.33. The molecule has 2 atom stereocenters. The molecule has 7 heteroatoms. The van der Waals surface area contributed by atoms with Crippen molar-refractivity contribution in [1.82, 2.24) is 19.8 Å². The van der Waals surface area contributed by atoms with Crippen LogP contribution in [0.25, 0.3) is 11.0 Å². The molecule has 4 rings (SSSR count). The highest BCUT2D eigenvalue weighted by Crippen LogP contribution is 2.36. The lowest BCUT2D eigenvalue weighted by Gasteiger charge is -2.37. The van der Waals surface area contributed by atoms with Crippen molar-refractivity contribution in [3.05, 3.63) is 34.2 Å². The monoisotopic (exact) mass is 370 g/mol. The van der Waals surface area contributed by atoms with E-state index in [0.29, 0.717) is 12.3 Å². The number of piperidine rings is 2. The van der Waals surface area contributed by atoms with Crippen LogP contribution in [-0.4, -0.2) is 33.0 Å². The van der Waals surface area contributed by atoms with Gasteiger partial charge in [-0.05, 0) is 57.2 Å². The minimum absolute atomic E-state index is 0.0517. The van der Waals surface area contributed by atoms with Crippen molar-refractivity contribution in [2.45, 2.75) is 57.0 Å². The number of hydrogen-bond donors (Lipinski definition) is 2. The Morgan fingerprint density at radius 2 is 1.93 bits per heavy atom. The van der Waals surface area contributed by atoms with E-state index in [-0.39, 0.29) is 23.6 Å². The normalized spacial score (nSPS) is 25.6. The third-order valence-corrected chi connectivity index (χ3v) is 5.95. The Labute approximate surface area is 157 Å². The molecule has 0 radical (unpaired) electrons. The van der Waals surface area contributed by atoms with Crippen LogP contribution in [0.1, 0.15) is 57.1 Å². The van der Waals surface area contributed by atoms with E-state index in [4.69, 9.17) is 0 Å². The summed E-state index contributed by atoms with van der Waals surface area (Å²) < 4.78 is 3.22. The summed E-state index contributed by atoms with van der Waals surface area (Å²) in [7, 11) is 1.77. The second kappa shape index (κ2) is 6.34. The average molecular weight is 370 g/mol. The number of amides is 2. The second-order valence-electron chi connectivity index (χ2n) is 8.39. The van der Waals surface area contributed by atoms with Gasteiger partial charge in [-0.1, -0.05) is 12.1 Å². The Kier molecular flexibility index (Phi) is 4.22. The van der Waals surface area contributed by atoms with Crippen molar-refractivity contribution < 1.29 is 9.59 Å². The largest absolute Gasteiger partial charge is 0.329 e. The Hall–Kier alpha value is -2.41. The minimum Gasteiger partial charge on any atom is -0.312 e. The lowest BCUT2D eigenvalue weighted by molar-refractivity contribution is -0.135. The van der Waals surface area contributed by atoms with Gasteiger partial charge >= 0.3 is 5.69 Å². The molecule has 1 aromatic carbocycles. The van der Waals surface area contributed by atoms with Crippen molar-refractivity contribution in [1.29, 1.82) is 0 Å². The van der Waals surface area contributed by atoms with Crippen LogP contribution in [-0.2, 0) is 16.6 Å². The first kappa shape index (κ1) is 18.0. The van der Waals surface area contributed by atoms with Gasteiger partial charge in [-0.15, -0.1) is 0 Å². The van der Waals surface area contributed by atoms with E-state index in [1.165, 1.54) is 0 Å². The number of carbonyl (C=O) groups is 2. The molecule has 2 unspecified atom stereocenters. The van der Waals surface area contributed by atoms with Gasteiger partial charge in [0.15, 0.2) is 0 Å². The number of rotatable bonds is 2. The zero-order valence-electron chi connectivity index (χ0n) is 16.0. The quantitative estimate of drug-likeness (QED) is 0.786. The minimum atomic E-state index is -0.640. The number of hydrogen-bond acceptors (Lipinski definition) is 4. The molecule has 2 N–H and O–H groups in total. The summed E-state index contributed by atoms with van der Waals surface area (Å²) >= 11 is 0. The highest BCUT2D eigenvalue weighted by molar-refractivity contribution is 6.00. The molecule has 0 bridgehead atoms. The highest BCUT2D eigenvalue weighted by atomic mass is 16.2. The number of aryl methyl sites for hydroxylation is 1. The number of imide groups is 1. The summed E-state index contributed by atoms with van der Waals surface area (Å²) in [5.41, 5.74) is 2.67. The zero-order valence-corrected chi connectivity index (χ0v) is 16.0. The third kappa shape index (κ3) is 3.00. The standard InChI is InChI=1S/C20H26N4O3/c1-20(2)11-12(9-10-21-20)13-5-4-6-14-17(13)23(3)19(27)24(14)15-7-8-16(25)22-18(15)26/h4-6,12,15,21H,7-11H2,1-3H3,(H,22,25,26). The van der Waals surface area contributed by atoms with Crippen molar-refractivity contribution >= 4 is 22.8 Å². The number of para-hydroxylation sites is 1. The summed E-state index contributed by atoms with van der Waals surface area (Å²) in [6.07, 6.45) is 2.61. The molecule has 2 fully saturated rings. The lowest BCUT2D eigenvalue weighted by atomic mass is 9.80. The number of nitrogens with zero attached hydrogens (tertiary/aromatic N) is 2. The van der Waals surface area contributed by atoms with Gasteiger partial charge in [-0.2, -0.15) is 0 Å². The predicted octanol–water partition coefficient (Wildman–Crippen LogP) is 1.56. The number of fused-ring (bicyclic) bond motifs is 1. The summed E-state index contributed by atoms with van der Waals surface area (Å²) in [4.78, 5) is 36.9. The Balaban J connectivity index is 1.85. The summed E-state index contributed by atoms with van der Waals surface area (Å²) in [6, 6.07) is 5.33. The Morgan fingerprint density at radius 1 is 1.15 bits per heavy atom. The van der Waals surface area contributed by atoms with Crippen LogP contribution in [0.5, 0.6) is 0 Å². The average Bonchev–Trinajstić information content (AvgIpc) is 2.86. The molecular weight excluding hydrogens is 344 g/mol. The zero-order chi connectivity index (χ0) is 19.3. The molecule has 7 nitrogen and oxygen atoms in total. The van der Waals surface area contributed by atoms with Gasteiger partial charge in [0.25, 0.3) is 0 Å². The van der Waals surface area contributed by atoms with E-state index in [2.05, 4.69) is 30.5 Å². The molecule has 2 aliphatic rings. The van der Waals surface area contributed by atoms with Crippen LogP contribution in [0.2, 0.25) is 0 Å². The first-order valence-electron chi connectivity index (χ1n) is 9.57. The number of benzene rings is 1. The van der Waals surface area contributed by atoms with Crippen LogP contribution in [0.15, 0.2) is 23.0 Å². The van der Waals surface area contributed by atoms with Gasteiger partial charge in [0.05, 0.1) is 11.0 Å². The van der Waals surface area contributed by atoms with Crippen molar-refractivity contribution in [3.63, 3.8) is 0 Å². The molecule has 2 aliphatic heterocycles. The van der Waals surface area contributed by atoms with E-state index in [1.807, 2.05) is 12.1 Å². The molecule has 0 saturated carbocycles. The van der Waals surface area contributed by atoms with Crippen molar-refractivity contribution in [2.75, 3.05) is 6.54 Å². The van der Waals surface area contributed by atoms with E-state index >= 15 is 0 Å². The predicted molar refractivity (Wildman–Crippen MR) is 103 cm³/mol. The fourth-order valence-electron chi connectivity index (χ4n) is 4.67. The van der Waals surface area contributed by atoms with E-state index < -0.39 is 11.9 Å². The van der Waals surface area contributed by atoms with Crippen LogP contribution in [0.4, 0.5) is 0 Å². The van der Waals surface area contributed by atoms with E-state index in [1.54, 1.807) is 16.2 Å². The first-order valence-corrected chi connectivity index (χ1v) is 9.57. The summed E-state index contributed by atoms with van der Waals surface area (Å²) in [6.45, 7) is 5.34. The molecule has 1 aromatic heterocycles. The van der Waals surface area contributed by atoms with Gasteiger partial charge in [0, 0.05) is 19.0 Å². The molecule has 0 aliphatic carbocycles. The molecular formula is C20H26N4O3. The second-order valence-corrected chi connectivity index (χ2v) is 8.39. The molecule has 3 heterocycles. The SMILES string of the molecule is Cn1c(=O)n(C2CCC(=O)NC2=O)c2cccc(C3CCNC(C)(C)C3)c21. The first-order chi connectivity index (χ1) is 12.8.